The van der Waals surface area contributed by atoms with Crippen LogP contribution in [0, 0.1) is 5.92 Å². The molecule has 1 aromatic heterocycles. The summed E-state index contributed by atoms with van der Waals surface area (Å²) in [5.41, 5.74) is 1.42. The number of rotatable bonds is 5. The van der Waals surface area contributed by atoms with Crippen molar-refractivity contribution in [3.8, 4) is 0 Å². The number of aromatic nitrogens is 1. The van der Waals surface area contributed by atoms with Crippen LogP contribution in [0.2, 0.25) is 0 Å². The van der Waals surface area contributed by atoms with Gasteiger partial charge in [-0.05, 0) is 49.2 Å². The maximum atomic E-state index is 12.7. The Kier molecular flexibility index (Phi) is 5.69. The predicted octanol–water partition coefficient (Wildman–Crippen LogP) is 1.65. The molecule has 30 heavy (non-hydrogen) atoms. The van der Waals surface area contributed by atoms with Crippen molar-refractivity contribution in [3.63, 3.8) is 0 Å². The van der Waals surface area contributed by atoms with Crippen LogP contribution >= 0.6 is 0 Å². The summed E-state index contributed by atoms with van der Waals surface area (Å²) in [7, 11) is -3.59. The molecular formula is C20H23N5O4S. The zero-order chi connectivity index (χ0) is 21.1. The molecule has 2 aliphatic rings. The van der Waals surface area contributed by atoms with E-state index in [4.69, 9.17) is 0 Å². The SMILES string of the molecule is O=C(Nc1ccc(N2CCNC2=O)cc1)C1CCN(S(=O)(=O)c2cccnc2)CC1. The molecule has 3 amide bonds. The molecule has 0 atom stereocenters. The highest BCUT2D eigenvalue weighted by atomic mass is 32.2. The fourth-order valence-corrected chi connectivity index (χ4v) is 5.13. The summed E-state index contributed by atoms with van der Waals surface area (Å²) in [6, 6.07) is 10.1. The van der Waals surface area contributed by atoms with Crippen molar-refractivity contribution in [3.05, 3.63) is 48.8 Å². The highest BCUT2D eigenvalue weighted by Crippen LogP contribution is 2.25. The third kappa shape index (κ3) is 4.14. The summed E-state index contributed by atoms with van der Waals surface area (Å²) in [5.74, 6) is -0.380. The van der Waals surface area contributed by atoms with Gasteiger partial charge in [-0.3, -0.25) is 14.7 Å². The number of hydrogen-bond acceptors (Lipinski definition) is 5. The first-order valence-corrected chi connectivity index (χ1v) is 11.3. The highest BCUT2D eigenvalue weighted by Gasteiger charge is 2.32. The van der Waals surface area contributed by atoms with E-state index in [-0.39, 0.29) is 22.8 Å². The molecule has 2 aliphatic heterocycles. The van der Waals surface area contributed by atoms with Crippen LogP contribution in [-0.2, 0) is 14.8 Å². The van der Waals surface area contributed by atoms with Gasteiger partial charge in [-0.25, -0.2) is 13.2 Å². The Bertz CT molecular complexity index is 1020. The van der Waals surface area contributed by atoms with E-state index in [1.54, 1.807) is 35.2 Å². The minimum Gasteiger partial charge on any atom is -0.336 e. The van der Waals surface area contributed by atoms with Crippen molar-refractivity contribution in [1.29, 1.82) is 0 Å². The number of nitrogens with one attached hydrogen (secondary N) is 2. The van der Waals surface area contributed by atoms with Gasteiger partial charge in [0.25, 0.3) is 0 Å². The van der Waals surface area contributed by atoms with E-state index in [1.165, 1.54) is 22.8 Å². The molecule has 1 aromatic carbocycles. The van der Waals surface area contributed by atoms with E-state index >= 15 is 0 Å². The third-order valence-corrected chi connectivity index (χ3v) is 7.28. The first-order chi connectivity index (χ1) is 14.4. The molecule has 0 radical (unpaired) electrons. The lowest BCUT2D eigenvalue weighted by Crippen LogP contribution is -2.41. The van der Waals surface area contributed by atoms with Crippen LogP contribution in [0.1, 0.15) is 12.8 Å². The van der Waals surface area contributed by atoms with Gasteiger partial charge in [-0.15, -0.1) is 0 Å². The number of carbonyl (C=O) groups excluding carboxylic acids is 2. The quantitative estimate of drug-likeness (QED) is 0.751. The molecular weight excluding hydrogens is 406 g/mol. The molecule has 0 aliphatic carbocycles. The molecule has 10 heteroatoms. The second kappa shape index (κ2) is 8.41. The zero-order valence-electron chi connectivity index (χ0n) is 16.3. The fourth-order valence-electron chi connectivity index (χ4n) is 3.69. The van der Waals surface area contributed by atoms with Crippen molar-refractivity contribution < 1.29 is 18.0 Å². The lowest BCUT2D eigenvalue weighted by Gasteiger charge is -2.30. The highest BCUT2D eigenvalue weighted by molar-refractivity contribution is 7.89. The van der Waals surface area contributed by atoms with Gasteiger partial charge >= 0.3 is 6.03 Å². The average Bonchev–Trinajstić information content (AvgIpc) is 3.21. The van der Waals surface area contributed by atoms with Crippen molar-refractivity contribution in [2.24, 2.45) is 5.92 Å². The Morgan fingerprint density at radius 1 is 1.10 bits per heavy atom. The van der Waals surface area contributed by atoms with Crippen LogP contribution in [0.5, 0.6) is 0 Å². The number of anilines is 2. The van der Waals surface area contributed by atoms with Gasteiger partial charge < -0.3 is 10.6 Å². The van der Waals surface area contributed by atoms with Gasteiger partial charge in [0.05, 0.1) is 0 Å². The number of amides is 3. The maximum Gasteiger partial charge on any atom is 0.321 e. The summed E-state index contributed by atoms with van der Waals surface area (Å²) < 4.78 is 26.7. The number of benzene rings is 1. The average molecular weight is 430 g/mol. The van der Waals surface area contributed by atoms with Gasteiger partial charge in [-0.2, -0.15) is 4.31 Å². The number of pyridine rings is 1. The van der Waals surface area contributed by atoms with Gasteiger partial charge in [0.15, 0.2) is 0 Å². The molecule has 2 saturated heterocycles. The minimum absolute atomic E-state index is 0.125. The number of piperidine rings is 1. The summed E-state index contributed by atoms with van der Waals surface area (Å²) in [6.45, 7) is 1.81. The lowest BCUT2D eigenvalue weighted by atomic mass is 9.97. The number of urea groups is 1. The smallest absolute Gasteiger partial charge is 0.321 e. The van der Waals surface area contributed by atoms with Gasteiger partial charge in [0.1, 0.15) is 4.90 Å². The first kappa shape index (κ1) is 20.3. The molecule has 0 saturated carbocycles. The molecule has 4 rings (SSSR count). The van der Waals surface area contributed by atoms with Gasteiger partial charge in [0.2, 0.25) is 15.9 Å². The van der Waals surface area contributed by atoms with Crippen molar-refractivity contribution >= 4 is 33.3 Å². The number of nitrogens with zero attached hydrogens (tertiary/aromatic N) is 3. The Hall–Kier alpha value is -2.98. The lowest BCUT2D eigenvalue weighted by molar-refractivity contribution is -0.120. The Labute approximate surface area is 175 Å². The molecule has 2 aromatic rings. The minimum atomic E-state index is -3.59. The normalized spacial score (nSPS) is 18.3. The molecule has 3 heterocycles. The third-order valence-electron chi connectivity index (χ3n) is 5.40. The molecule has 0 unspecified atom stereocenters. The van der Waals surface area contributed by atoms with Gasteiger partial charge in [-0.1, -0.05) is 0 Å². The Morgan fingerprint density at radius 3 is 2.43 bits per heavy atom. The Morgan fingerprint density at radius 2 is 1.83 bits per heavy atom. The number of hydrogen-bond donors (Lipinski definition) is 2. The van der Waals surface area contributed by atoms with E-state index < -0.39 is 10.0 Å². The van der Waals surface area contributed by atoms with Crippen LogP contribution in [0.25, 0.3) is 0 Å². The van der Waals surface area contributed by atoms with E-state index in [1.807, 2.05) is 0 Å². The maximum absolute atomic E-state index is 12.7. The molecule has 158 valence electrons. The summed E-state index contributed by atoms with van der Waals surface area (Å²) >= 11 is 0. The van der Waals surface area contributed by atoms with Crippen LogP contribution < -0.4 is 15.5 Å². The molecule has 2 N–H and O–H groups in total. The Balaban J connectivity index is 1.33. The van der Waals surface area contributed by atoms with Crippen LogP contribution in [0.4, 0.5) is 16.2 Å². The monoisotopic (exact) mass is 429 g/mol. The summed E-state index contributed by atoms with van der Waals surface area (Å²) in [6.07, 6.45) is 3.78. The van der Waals surface area contributed by atoms with E-state index in [9.17, 15) is 18.0 Å². The molecule has 0 spiro atoms. The number of sulfonamides is 1. The topological polar surface area (TPSA) is 112 Å². The van der Waals surface area contributed by atoms with Gasteiger partial charge in [0, 0.05) is 55.9 Å². The van der Waals surface area contributed by atoms with Crippen molar-refractivity contribution in [2.75, 3.05) is 36.4 Å². The van der Waals surface area contributed by atoms with E-state index in [0.29, 0.717) is 44.7 Å². The first-order valence-electron chi connectivity index (χ1n) is 9.81. The van der Waals surface area contributed by atoms with Crippen molar-refractivity contribution in [1.82, 2.24) is 14.6 Å². The second-order valence-electron chi connectivity index (χ2n) is 7.29. The van der Waals surface area contributed by atoms with E-state index in [2.05, 4.69) is 15.6 Å². The van der Waals surface area contributed by atoms with Crippen LogP contribution in [0.15, 0.2) is 53.7 Å². The van der Waals surface area contributed by atoms with E-state index in [0.717, 1.165) is 5.69 Å². The van der Waals surface area contributed by atoms with Crippen molar-refractivity contribution in [2.45, 2.75) is 17.7 Å². The summed E-state index contributed by atoms with van der Waals surface area (Å²) in [5, 5.41) is 5.64. The molecule has 0 bridgehead atoms. The molecule has 9 nitrogen and oxygen atoms in total. The standard InChI is InChI=1S/C20H23N5O4S/c26-19(23-16-3-5-17(6-4-16)25-13-10-22-20(25)27)15-7-11-24(12-8-15)30(28,29)18-2-1-9-21-14-18/h1-6,9,14-15H,7-8,10-13H2,(H,22,27)(H,23,26). The zero-order valence-corrected chi connectivity index (χ0v) is 17.1. The number of carbonyl (C=O) groups is 2. The largest absolute Gasteiger partial charge is 0.336 e. The molecule has 2 fully saturated rings. The fraction of sp³-hybridized carbons (Fsp3) is 0.350. The second-order valence-corrected chi connectivity index (χ2v) is 9.22. The van der Waals surface area contributed by atoms with Crippen LogP contribution in [-0.4, -0.2) is 55.8 Å². The predicted molar refractivity (Wildman–Crippen MR) is 112 cm³/mol. The summed E-state index contributed by atoms with van der Waals surface area (Å²) in [4.78, 5) is 30.0. The van der Waals surface area contributed by atoms with Crippen LogP contribution in [0.3, 0.4) is 0 Å².